The third kappa shape index (κ3) is 5.55. The lowest BCUT2D eigenvalue weighted by Crippen LogP contribution is -2.29. The number of hydrogen-bond acceptors (Lipinski definition) is 3. The van der Waals surface area contributed by atoms with Crippen molar-refractivity contribution in [3.05, 3.63) is 64.2 Å². The van der Waals surface area contributed by atoms with Gasteiger partial charge in [0, 0.05) is 18.1 Å². The first-order valence-corrected chi connectivity index (χ1v) is 8.20. The van der Waals surface area contributed by atoms with E-state index < -0.39 is 0 Å². The van der Waals surface area contributed by atoms with Gasteiger partial charge in [-0.3, -0.25) is 4.79 Å². The average Bonchev–Trinajstić information content (AvgIpc) is 2.54. The number of carbonyl (C=O) groups is 1. The van der Waals surface area contributed by atoms with Gasteiger partial charge in [-0.25, -0.2) is 0 Å². The molecule has 0 aromatic heterocycles. The number of halogens is 1. The lowest BCUT2D eigenvalue weighted by Gasteiger charge is -2.15. The number of benzene rings is 2. The molecule has 0 aliphatic heterocycles. The highest BCUT2D eigenvalue weighted by Gasteiger charge is 2.07. The number of ether oxygens (including phenoxy) is 1. The number of hydrogen-bond donors (Lipinski definition) is 1. The van der Waals surface area contributed by atoms with Crippen LogP contribution in [0.25, 0.3) is 0 Å². The normalized spacial score (nSPS) is 10.7. The molecule has 0 aliphatic rings. The molecule has 0 spiro atoms. The van der Waals surface area contributed by atoms with Crippen molar-refractivity contribution in [2.24, 2.45) is 0 Å². The van der Waals surface area contributed by atoms with Crippen molar-refractivity contribution >= 4 is 17.5 Å². The number of aryl methyl sites for hydroxylation is 1. The first-order valence-electron chi connectivity index (χ1n) is 7.83. The molecule has 0 saturated heterocycles. The number of nitrogens with one attached hydrogen (secondary N) is 1. The van der Waals surface area contributed by atoms with Crippen LogP contribution in [0, 0.1) is 6.92 Å². The van der Waals surface area contributed by atoms with E-state index in [1.807, 2.05) is 45.3 Å². The second kappa shape index (κ2) is 8.71. The summed E-state index contributed by atoms with van der Waals surface area (Å²) >= 11 is 5.97. The van der Waals surface area contributed by atoms with Gasteiger partial charge in [-0.1, -0.05) is 35.9 Å². The summed E-state index contributed by atoms with van der Waals surface area (Å²) in [6, 6.07) is 13.4. The Morgan fingerprint density at radius 1 is 1.17 bits per heavy atom. The van der Waals surface area contributed by atoms with Crippen molar-refractivity contribution in [1.29, 1.82) is 0 Å². The Hall–Kier alpha value is -2.04. The molecule has 0 atom stereocenters. The fourth-order valence-corrected chi connectivity index (χ4v) is 2.44. The van der Waals surface area contributed by atoms with Crippen LogP contribution in [0.3, 0.4) is 0 Å². The molecule has 5 heteroatoms. The summed E-state index contributed by atoms with van der Waals surface area (Å²) in [5.41, 5.74) is 3.24. The summed E-state index contributed by atoms with van der Waals surface area (Å²) in [5.74, 6) is 0.488. The Labute approximate surface area is 148 Å². The van der Waals surface area contributed by atoms with Crippen LogP contribution in [0.4, 0.5) is 0 Å². The van der Waals surface area contributed by atoms with Crippen molar-refractivity contribution in [2.75, 3.05) is 20.7 Å². The topological polar surface area (TPSA) is 41.6 Å². The number of carbonyl (C=O) groups excluding carboxylic acids is 1. The van der Waals surface area contributed by atoms with E-state index in [-0.39, 0.29) is 12.5 Å². The predicted octanol–water partition coefficient (Wildman–Crippen LogP) is 3.41. The van der Waals surface area contributed by atoms with Gasteiger partial charge in [0.2, 0.25) is 0 Å². The Morgan fingerprint density at radius 3 is 2.54 bits per heavy atom. The van der Waals surface area contributed by atoms with Crippen molar-refractivity contribution in [1.82, 2.24) is 10.2 Å². The highest BCUT2D eigenvalue weighted by molar-refractivity contribution is 6.31. The minimum absolute atomic E-state index is 0.0169. The molecule has 1 amide bonds. The maximum Gasteiger partial charge on any atom is 0.258 e. The molecular weight excluding hydrogens is 324 g/mol. The van der Waals surface area contributed by atoms with Crippen LogP contribution in [0.1, 0.15) is 16.7 Å². The highest BCUT2D eigenvalue weighted by atomic mass is 35.5. The Morgan fingerprint density at radius 2 is 1.88 bits per heavy atom. The van der Waals surface area contributed by atoms with E-state index in [1.165, 1.54) is 5.56 Å². The summed E-state index contributed by atoms with van der Waals surface area (Å²) in [6.07, 6.45) is 0. The molecule has 24 heavy (non-hydrogen) atoms. The zero-order valence-corrected chi connectivity index (χ0v) is 15.1. The van der Waals surface area contributed by atoms with E-state index in [2.05, 4.69) is 16.3 Å². The summed E-state index contributed by atoms with van der Waals surface area (Å²) in [7, 11) is 4.05. The molecule has 2 aromatic carbocycles. The summed E-state index contributed by atoms with van der Waals surface area (Å²) in [6.45, 7) is 3.21. The summed E-state index contributed by atoms with van der Waals surface area (Å²) in [4.78, 5) is 14.1. The minimum atomic E-state index is -0.151. The van der Waals surface area contributed by atoms with E-state index in [0.29, 0.717) is 17.3 Å². The van der Waals surface area contributed by atoms with E-state index in [1.54, 1.807) is 12.1 Å². The monoisotopic (exact) mass is 346 g/mol. The van der Waals surface area contributed by atoms with Gasteiger partial charge in [-0.15, -0.1) is 0 Å². The van der Waals surface area contributed by atoms with E-state index in [4.69, 9.17) is 16.3 Å². The van der Waals surface area contributed by atoms with Crippen molar-refractivity contribution < 1.29 is 9.53 Å². The van der Waals surface area contributed by atoms with Crippen LogP contribution < -0.4 is 10.1 Å². The lowest BCUT2D eigenvalue weighted by molar-refractivity contribution is -0.123. The largest absolute Gasteiger partial charge is 0.484 e. The van der Waals surface area contributed by atoms with Gasteiger partial charge in [0.05, 0.1) is 0 Å². The van der Waals surface area contributed by atoms with Crippen LogP contribution in [0.2, 0.25) is 5.02 Å². The Bertz CT molecular complexity index is 702. The molecule has 1 N–H and O–H groups in total. The lowest BCUT2D eigenvalue weighted by atomic mass is 10.1. The zero-order chi connectivity index (χ0) is 17.5. The molecular formula is C19H23ClN2O2. The first-order chi connectivity index (χ1) is 11.5. The van der Waals surface area contributed by atoms with E-state index in [0.717, 1.165) is 17.7 Å². The molecule has 0 aliphatic carbocycles. The van der Waals surface area contributed by atoms with Gasteiger partial charge in [0.1, 0.15) is 5.75 Å². The Kier molecular flexibility index (Phi) is 6.64. The second-order valence-corrected chi connectivity index (χ2v) is 6.39. The molecule has 0 fully saturated rings. The third-order valence-corrected chi connectivity index (χ3v) is 4.00. The van der Waals surface area contributed by atoms with Gasteiger partial charge in [-0.2, -0.15) is 0 Å². The molecule has 4 nitrogen and oxygen atoms in total. The molecule has 2 rings (SSSR count). The number of rotatable bonds is 7. The van der Waals surface area contributed by atoms with Crippen LogP contribution in [0.15, 0.2) is 42.5 Å². The van der Waals surface area contributed by atoms with Crippen LogP contribution >= 0.6 is 11.6 Å². The summed E-state index contributed by atoms with van der Waals surface area (Å²) < 4.78 is 5.51. The predicted molar refractivity (Wildman–Crippen MR) is 97.4 cm³/mol. The van der Waals surface area contributed by atoms with Crippen molar-refractivity contribution in [3.63, 3.8) is 0 Å². The van der Waals surface area contributed by atoms with Gasteiger partial charge in [0.15, 0.2) is 6.61 Å². The molecule has 0 radical (unpaired) electrons. The molecule has 0 bridgehead atoms. The van der Waals surface area contributed by atoms with Gasteiger partial charge >= 0.3 is 0 Å². The smallest absolute Gasteiger partial charge is 0.258 e. The fraction of sp³-hybridized carbons (Fsp3) is 0.316. The van der Waals surface area contributed by atoms with Gasteiger partial charge in [-0.05, 0) is 55.9 Å². The van der Waals surface area contributed by atoms with E-state index in [9.17, 15) is 4.79 Å². The SMILES string of the molecule is Cc1cc(OCC(=O)NCc2ccccc2CN(C)C)ccc1Cl. The molecule has 2 aromatic rings. The standard InChI is InChI=1S/C19H23ClN2O2/c1-14-10-17(8-9-18(14)20)24-13-19(23)21-11-15-6-4-5-7-16(15)12-22(2)3/h4-10H,11-13H2,1-3H3,(H,21,23). The van der Waals surface area contributed by atoms with Crippen molar-refractivity contribution in [2.45, 2.75) is 20.0 Å². The minimum Gasteiger partial charge on any atom is -0.484 e. The molecule has 0 saturated carbocycles. The molecule has 128 valence electrons. The van der Waals surface area contributed by atoms with Crippen LogP contribution in [0.5, 0.6) is 5.75 Å². The zero-order valence-electron chi connectivity index (χ0n) is 14.3. The van der Waals surface area contributed by atoms with Crippen LogP contribution in [-0.2, 0) is 17.9 Å². The maximum atomic E-state index is 12.0. The fourth-order valence-electron chi connectivity index (χ4n) is 2.33. The third-order valence-electron chi connectivity index (χ3n) is 3.58. The quantitative estimate of drug-likeness (QED) is 0.835. The first kappa shape index (κ1) is 18.3. The summed E-state index contributed by atoms with van der Waals surface area (Å²) in [5, 5.41) is 3.58. The van der Waals surface area contributed by atoms with Gasteiger partial charge < -0.3 is 15.0 Å². The second-order valence-electron chi connectivity index (χ2n) is 5.98. The maximum absolute atomic E-state index is 12.0. The number of amides is 1. The number of nitrogens with zero attached hydrogens (tertiary/aromatic N) is 1. The van der Waals surface area contributed by atoms with E-state index >= 15 is 0 Å². The molecule has 0 unspecified atom stereocenters. The Balaban J connectivity index is 1.86. The average molecular weight is 347 g/mol. The highest BCUT2D eigenvalue weighted by Crippen LogP contribution is 2.20. The van der Waals surface area contributed by atoms with Gasteiger partial charge in [0.25, 0.3) is 5.91 Å². The molecule has 0 heterocycles. The van der Waals surface area contributed by atoms with Crippen molar-refractivity contribution in [3.8, 4) is 5.75 Å². The van der Waals surface area contributed by atoms with Crippen LogP contribution in [-0.4, -0.2) is 31.5 Å².